The maximum absolute atomic E-state index is 4.19. The Balaban J connectivity index is 1.49. The molecule has 6 aromatic carbocycles. The Morgan fingerprint density at radius 1 is 0.513 bits per heavy atom. The van der Waals surface area contributed by atoms with Gasteiger partial charge in [0.1, 0.15) is 0 Å². The summed E-state index contributed by atoms with van der Waals surface area (Å²) in [6, 6.07) is 39.7. The van der Waals surface area contributed by atoms with Gasteiger partial charge in [-0.05, 0) is 116 Å². The Hall–Kier alpha value is -4.68. The molecule has 0 amide bonds. The van der Waals surface area contributed by atoms with Crippen LogP contribution in [0, 0.1) is 13.8 Å². The number of benzene rings is 6. The molecule has 0 nitrogen and oxygen atoms in total. The molecule has 0 heteroatoms. The number of rotatable bonds is 5. The molecule has 0 heterocycles. The molecule has 6 rings (SSSR count). The molecule has 0 aliphatic heterocycles. The van der Waals surface area contributed by atoms with Gasteiger partial charge in [0.05, 0.1) is 0 Å². The first kappa shape index (κ1) is 24.6. The molecule has 0 unspecified atom stereocenters. The fourth-order valence-corrected chi connectivity index (χ4v) is 5.82. The van der Waals surface area contributed by atoms with Crippen LogP contribution >= 0.6 is 0 Å². The van der Waals surface area contributed by atoms with Crippen molar-refractivity contribution in [3.8, 4) is 11.1 Å². The van der Waals surface area contributed by atoms with Crippen LogP contribution in [0.15, 0.2) is 134 Å². The van der Waals surface area contributed by atoms with Gasteiger partial charge in [-0.15, -0.1) is 0 Å². The molecule has 0 atom stereocenters. The van der Waals surface area contributed by atoms with Gasteiger partial charge in [0.15, 0.2) is 0 Å². The molecule has 0 saturated carbocycles. The van der Waals surface area contributed by atoms with E-state index in [-0.39, 0.29) is 0 Å². The molecule has 188 valence electrons. The van der Waals surface area contributed by atoms with Crippen molar-refractivity contribution < 1.29 is 0 Å². The van der Waals surface area contributed by atoms with Crippen molar-refractivity contribution in [2.45, 2.75) is 20.8 Å². The van der Waals surface area contributed by atoms with E-state index in [9.17, 15) is 0 Å². The second-order valence-electron chi connectivity index (χ2n) is 10.2. The predicted octanol–water partition coefficient (Wildman–Crippen LogP) is 11.1. The molecule has 0 spiro atoms. The van der Waals surface area contributed by atoms with Gasteiger partial charge < -0.3 is 0 Å². The molecule has 6 aromatic rings. The highest BCUT2D eigenvalue weighted by molar-refractivity contribution is 6.25. The molecule has 0 fully saturated rings. The summed E-state index contributed by atoms with van der Waals surface area (Å²) >= 11 is 0. The smallest absolute Gasteiger partial charge is 0.00928 e. The van der Waals surface area contributed by atoms with Gasteiger partial charge in [-0.25, -0.2) is 0 Å². The average Bonchev–Trinajstić information content (AvgIpc) is 2.98. The van der Waals surface area contributed by atoms with Gasteiger partial charge in [-0.1, -0.05) is 116 Å². The number of fused-ring (bicyclic) bond motifs is 6. The van der Waals surface area contributed by atoms with Gasteiger partial charge in [-0.2, -0.15) is 0 Å². The highest BCUT2D eigenvalue weighted by Gasteiger charge is 2.11. The summed E-state index contributed by atoms with van der Waals surface area (Å²) in [5, 5.41) is 7.76. The van der Waals surface area contributed by atoms with Crippen molar-refractivity contribution in [3.63, 3.8) is 0 Å². The Labute approximate surface area is 231 Å². The normalized spacial score (nSPS) is 12.4. The van der Waals surface area contributed by atoms with Crippen LogP contribution in [-0.4, -0.2) is 0 Å². The summed E-state index contributed by atoms with van der Waals surface area (Å²) in [5.74, 6) is 0. The van der Waals surface area contributed by atoms with E-state index in [1.807, 2.05) is 6.08 Å². The minimum Gasteiger partial charge on any atom is -0.0984 e. The lowest BCUT2D eigenvalue weighted by molar-refractivity contribution is 1.40. The summed E-state index contributed by atoms with van der Waals surface area (Å²) in [4.78, 5) is 0. The van der Waals surface area contributed by atoms with E-state index in [1.54, 1.807) is 0 Å². The SMILES string of the molecule is C=C/C(=C\C(=C/C)c1ccc2c3ccccc3c3ccccc3c2c1)c1ccc(C)c(-c2ccccc2C)c1. The molecule has 0 saturated heterocycles. The molecule has 39 heavy (non-hydrogen) atoms. The molecule has 0 N–H and O–H groups in total. The van der Waals surface area contributed by atoms with Gasteiger partial charge in [0, 0.05) is 0 Å². The number of hydrogen-bond acceptors (Lipinski definition) is 0. The van der Waals surface area contributed by atoms with Crippen LogP contribution in [0.1, 0.15) is 29.2 Å². The molecule has 0 bridgehead atoms. The lowest BCUT2D eigenvalue weighted by atomic mass is 9.90. The quantitative estimate of drug-likeness (QED) is 0.163. The monoisotopic (exact) mass is 500 g/mol. The van der Waals surface area contributed by atoms with E-state index in [1.165, 1.54) is 71.3 Å². The zero-order valence-electron chi connectivity index (χ0n) is 22.8. The van der Waals surface area contributed by atoms with E-state index in [2.05, 4.69) is 149 Å². The minimum atomic E-state index is 1.11. The third kappa shape index (κ3) is 4.39. The van der Waals surface area contributed by atoms with Crippen LogP contribution in [0.5, 0.6) is 0 Å². The van der Waals surface area contributed by atoms with E-state index < -0.39 is 0 Å². The van der Waals surface area contributed by atoms with E-state index in [0.717, 1.165) is 5.57 Å². The molecular formula is C39H32. The van der Waals surface area contributed by atoms with Crippen molar-refractivity contribution >= 4 is 43.5 Å². The van der Waals surface area contributed by atoms with E-state index in [0.29, 0.717) is 0 Å². The van der Waals surface area contributed by atoms with Gasteiger partial charge in [0.25, 0.3) is 0 Å². The number of aryl methyl sites for hydroxylation is 2. The van der Waals surface area contributed by atoms with Crippen molar-refractivity contribution in [1.29, 1.82) is 0 Å². The fraction of sp³-hybridized carbons (Fsp3) is 0.0769. The summed E-state index contributed by atoms with van der Waals surface area (Å²) in [5.41, 5.74) is 9.78. The fourth-order valence-electron chi connectivity index (χ4n) is 5.82. The van der Waals surface area contributed by atoms with Crippen LogP contribution in [0.25, 0.3) is 54.6 Å². The minimum absolute atomic E-state index is 1.11. The first-order valence-electron chi connectivity index (χ1n) is 13.6. The van der Waals surface area contributed by atoms with Crippen molar-refractivity contribution in [1.82, 2.24) is 0 Å². The first-order chi connectivity index (χ1) is 19.1. The van der Waals surface area contributed by atoms with Crippen molar-refractivity contribution in [2.75, 3.05) is 0 Å². The second kappa shape index (κ2) is 10.2. The van der Waals surface area contributed by atoms with Crippen LogP contribution in [-0.2, 0) is 0 Å². The molecule has 0 aliphatic carbocycles. The lowest BCUT2D eigenvalue weighted by Crippen LogP contribution is -1.91. The van der Waals surface area contributed by atoms with Gasteiger partial charge in [0.2, 0.25) is 0 Å². The summed E-state index contributed by atoms with van der Waals surface area (Å²) in [6.07, 6.45) is 6.44. The topological polar surface area (TPSA) is 0 Å². The Bertz CT molecular complexity index is 1910. The molecule has 0 aliphatic rings. The zero-order chi connectivity index (χ0) is 26.9. The summed E-state index contributed by atoms with van der Waals surface area (Å²) in [7, 11) is 0. The average molecular weight is 501 g/mol. The maximum atomic E-state index is 4.19. The van der Waals surface area contributed by atoms with E-state index in [4.69, 9.17) is 0 Å². The van der Waals surface area contributed by atoms with Crippen molar-refractivity contribution in [2.24, 2.45) is 0 Å². The Morgan fingerprint density at radius 2 is 1.03 bits per heavy atom. The van der Waals surface area contributed by atoms with Crippen LogP contribution in [0.2, 0.25) is 0 Å². The first-order valence-corrected chi connectivity index (χ1v) is 13.6. The van der Waals surface area contributed by atoms with Gasteiger partial charge >= 0.3 is 0 Å². The highest BCUT2D eigenvalue weighted by atomic mass is 14.2. The summed E-state index contributed by atoms with van der Waals surface area (Å²) < 4.78 is 0. The van der Waals surface area contributed by atoms with Crippen LogP contribution < -0.4 is 0 Å². The Kier molecular flexibility index (Phi) is 6.47. The van der Waals surface area contributed by atoms with E-state index >= 15 is 0 Å². The highest BCUT2D eigenvalue weighted by Crippen LogP contribution is 2.37. The second-order valence-corrected chi connectivity index (χ2v) is 10.2. The largest absolute Gasteiger partial charge is 0.0984 e. The van der Waals surface area contributed by atoms with Crippen molar-refractivity contribution in [3.05, 3.63) is 156 Å². The summed E-state index contributed by atoms with van der Waals surface area (Å²) in [6.45, 7) is 10.7. The standard InChI is InChI=1S/C39H32/c1-5-28(30-20-19-27(4)38(24-30)32-14-8-7-13-26(32)3)23-29(6-2)31-21-22-37-35-17-10-9-15-33(35)34-16-11-12-18-36(34)39(37)25-31/h5-25H,1H2,2-4H3/b28-23+,29-6+. The third-order valence-electron chi connectivity index (χ3n) is 7.93. The number of allylic oxidation sites excluding steroid dienone is 5. The predicted molar refractivity (Wildman–Crippen MR) is 172 cm³/mol. The molecule has 0 aromatic heterocycles. The van der Waals surface area contributed by atoms with Gasteiger partial charge in [-0.3, -0.25) is 0 Å². The third-order valence-corrected chi connectivity index (χ3v) is 7.93. The Morgan fingerprint density at radius 3 is 1.64 bits per heavy atom. The maximum Gasteiger partial charge on any atom is -0.00928 e. The van der Waals surface area contributed by atoms with Crippen LogP contribution in [0.3, 0.4) is 0 Å². The number of hydrogen-bond donors (Lipinski definition) is 0. The molecular weight excluding hydrogens is 468 g/mol. The van der Waals surface area contributed by atoms with Crippen LogP contribution in [0.4, 0.5) is 0 Å². The molecule has 0 radical (unpaired) electrons. The lowest BCUT2D eigenvalue weighted by Gasteiger charge is -2.14. The zero-order valence-corrected chi connectivity index (χ0v) is 22.8.